The third-order valence-corrected chi connectivity index (χ3v) is 7.74. The number of para-hydroxylation sites is 4. The number of fused-ring (bicyclic) bond motifs is 1. The molecular weight excluding hydrogens is 604 g/mol. The lowest BCUT2D eigenvalue weighted by molar-refractivity contribution is 0.0988. The van der Waals surface area contributed by atoms with Crippen LogP contribution in [0.5, 0.6) is 11.5 Å². The van der Waals surface area contributed by atoms with Gasteiger partial charge in [0.1, 0.15) is 6.33 Å². The number of nitrogens with zero attached hydrogens (tertiary/aromatic N) is 5. The van der Waals surface area contributed by atoms with Crippen molar-refractivity contribution in [2.75, 3.05) is 21.7 Å². The molecule has 0 aliphatic carbocycles. The van der Waals surface area contributed by atoms with Crippen LogP contribution >= 0.6 is 0 Å². The number of hydrogen-bond donors (Lipinski definition) is 2. The van der Waals surface area contributed by atoms with E-state index in [9.17, 15) is 14.7 Å². The highest BCUT2D eigenvalue weighted by atomic mass is 16.5. The lowest BCUT2D eigenvalue weighted by Gasteiger charge is -2.28. The number of pyridine rings is 1. The number of amides is 2. The van der Waals surface area contributed by atoms with E-state index in [1.807, 2.05) is 84.6 Å². The number of aromatic nitrogens is 3. The van der Waals surface area contributed by atoms with Gasteiger partial charge in [0.05, 0.1) is 16.8 Å². The van der Waals surface area contributed by atoms with Gasteiger partial charge in [-0.2, -0.15) is 0 Å². The van der Waals surface area contributed by atoms with Crippen molar-refractivity contribution in [2.45, 2.75) is 26.7 Å². The second-order valence-electron chi connectivity index (χ2n) is 11.2. The van der Waals surface area contributed by atoms with Gasteiger partial charge in [-0.15, -0.1) is 0 Å². The Morgan fingerprint density at radius 3 is 2.19 bits per heavy atom. The van der Waals surface area contributed by atoms with Gasteiger partial charge in [0.2, 0.25) is 0 Å². The van der Waals surface area contributed by atoms with Gasteiger partial charge in [0.25, 0.3) is 5.91 Å². The molecule has 2 aromatic heterocycles. The number of carboxylic acid groups (broad SMARTS) is 1. The molecule has 2 N–H and O–H groups in total. The Labute approximate surface area is 278 Å². The van der Waals surface area contributed by atoms with Crippen molar-refractivity contribution in [2.24, 2.45) is 0 Å². The minimum absolute atomic E-state index is 0.200. The highest BCUT2D eigenvalue weighted by molar-refractivity contribution is 6.07. The molecule has 2 heterocycles. The van der Waals surface area contributed by atoms with Crippen LogP contribution in [0, 0.1) is 0 Å². The maximum Gasteiger partial charge on any atom is 0.409 e. The van der Waals surface area contributed by atoms with Crippen LogP contribution in [0.4, 0.5) is 33.4 Å². The molecule has 0 aliphatic rings. The smallest absolute Gasteiger partial charge is 0.409 e. The third kappa shape index (κ3) is 6.63. The first kappa shape index (κ1) is 31.7. The molecule has 0 spiro atoms. The predicted molar refractivity (Wildman–Crippen MR) is 188 cm³/mol. The van der Waals surface area contributed by atoms with Crippen LogP contribution in [0.3, 0.4) is 0 Å². The standard InChI is InChI=1S/C38H34N6O4/c1-4-43(27-13-7-5-8-14-27)37(45)26-19-22-34(48-33-18-12-11-17-31(33)42-38(46)47)32(23-26)44(28-15-9-6-10-16-28)36-29-20-21-30(25(2)3)41-35(29)39-24-40-36/h5-25,42H,4H2,1-3H3,(H,46,47). The Hall–Kier alpha value is -6.29. The zero-order chi connectivity index (χ0) is 33.6. The average molecular weight is 639 g/mol. The molecule has 0 aliphatic heterocycles. The van der Waals surface area contributed by atoms with Gasteiger partial charge in [-0.25, -0.2) is 19.7 Å². The number of anilines is 5. The summed E-state index contributed by atoms with van der Waals surface area (Å²) < 4.78 is 6.48. The summed E-state index contributed by atoms with van der Waals surface area (Å²) in [6.45, 7) is 6.53. The van der Waals surface area contributed by atoms with Crippen molar-refractivity contribution in [1.29, 1.82) is 0 Å². The molecule has 240 valence electrons. The third-order valence-electron chi connectivity index (χ3n) is 7.74. The summed E-state index contributed by atoms with van der Waals surface area (Å²) in [4.78, 5) is 43.4. The number of rotatable bonds is 10. The molecule has 0 saturated carbocycles. The molecule has 6 aromatic rings. The van der Waals surface area contributed by atoms with E-state index in [4.69, 9.17) is 14.7 Å². The summed E-state index contributed by atoms with van der Waals surface area (Å²) in [5, 5.41) is 12.6. The first-order valence-corrected chi connectivity index (χ1v) is 15.6. The molecule has 10 heteroatoms. The molecule has 4 aromatic carbocycles. The van der Waals surface area contributed by atoms with E-state index in [1.54, 1.807) is 47.4 Å². The molecule has 6 rings (SSSR count). The van der Waals surface area contributed by atoms with Gasteiger partial charge in [0, 0.05) is 29.2 Å². The van der Waals surface area contributed by atoms with E-state index < -0.39 is 6.09 Å². The Kier molecular flexibility index (Phi) is 9.24. The van der Waals surface area contributed by atoms with Crippen molar-refractivity contribution in [3.63, 3.8) is 0 Å². The largest absolute Gasteiger partial charge is 0.465 e. The highest BCUT2D eigenvalue weighted by Crippen LogP contribution is 2.44. The maximum absolute atomic E-state index is 14.1. The zero-order valence-corrected chi connectivity index (χ0v) is 26.7. The van der Waals surface area contributed by atoms with Gasteiger partial charge in [-0.1, -0.05) is 62.4 Å². The molecule has 2 amide bonds. The zero-order valence-electron chi connectivity index (χ0n) is 26.7. The fourth-order valence-electron chi connectivity index (χ4n) is 5.41. The number of nitrogens with one attached hydrogen (secondary N) is 1. The van der Waals surface area contributed by atoms with Crippen molar-refractivity contribution in [3.05, 3.63) is 133 Å². The van der Waals surface area contributed by atoms with Crippen LogP contribution in [-0.2, 0) is 0 Å². The Morgan fingerprint density at radius 2 is 1.50 bits per heavy atom. The van der Waals surface area contributed by atoms with Gasteiger partial charge in [-0.3, -0.25) is 15.0 Å². The second-order valence-corrected chi connectivity index (χ2v) is 11.2. The van der Waals surface area contributed by atoms with Crippen molar-refractivity contribution in [1.82, 2.24) is 15.0 Å². The van der Waals surface area contributed by atoms with E-state index in [1.165, 1.54) is 6.33 Å². The normalized spacial score (nSPS) is 10.9. The summed E-state index contributed by atoms with van der Waals surface area (Å²) in [5.74, 6) is 1.16. The van der Waals surface area contributed by atoms with E-state index in [0.29, 0.717) is 40.4 Å². The molecule has 10 nitrogen and oxygen atoms in total. The number of carbonyl (C=O) groups excluding carboxylic acids is 1. The molecule has 48 heavy (non-hydrogen) atoms. The first-order valence-electron chi connectivity index (χ1n) is 15.6. The minimum atomic E-state index is -1.22. The van der Waals surface area contributed by atoms with Crippen LogP contribution in [0.15, 0.2) is 122 Å². The summed E-state index contributed by atoms with van der Waals surface area (Å²) in [6, 6.07) is 35.0. The van der Waals surface area contributed by atoms with E-state index in [0.717, 1.165) is 17.1 Å². The molecular formula is C38H34N6O4. The van der Waals surface area contributed by atoms with Gasteiger partial charge in [0.15, 0.2) is 23.0 Å². The number of ether oxygens (including phenoxy) is 1. The molecule has 0 bridgehead atoms. The second kappa shape index (κ2) is 14.0. The van der Waals surface area contributed by atoms with Crippen LogP contribution in [0.2, 0.25) is 0 Å². The summed E-state index contributed by atoms with van der Waals surface area (Å²) in [5.41, 5.74) is 4.12. The van der Waals surface area contributed by atoms with Crippen LogP contribution in [0.25, 0.3) is 11.0 Å². The van der Waals surface area contributed by atoms with Crippen molar-refractivity contribution in [3.8, 4) is 11.5 Å². The Balaban J connectivity index is 1.58. The Bertz CT molecular complexity index is 2070. The van der Waals surface area contributed by atoms with E-state index in [-0.39, 0.29) is 23.3 Å². The van der Waals surface area contributed by atoms with Crippen LogP contribution in [-0.4, -0.2) is 38.6 Å². The SMILES string of the molecule is CCN(C(=O)c1ccc(Oc2ccccc2NC(=O)O)c(N(c2ccccc2)c2ncnc3nc(C(C)C)ccc23)c1)c1ccccc1. The van der Waals surface area contributed by atoms with Crippen LogP contribution < -0.4 is 19.9 Å². The van der Waals surface area contributed by atoms with Gasteiger partial charge < -0.3 is 14.7 Å². The quantitative estimate of drug-likeness (QED) is 0.152. The minimum Gasteiger partial charge on any atom is -0.465 e. The fourth-order valence-corrected chi connectivity index (χ4v) is 5.41. The molecule has 0 saturated heterocycles. The number of hydrogen-bond acceptors (Lipinski definition) is 7. The van der Waals surface area contributed by atoms with E-state index in [2.05, 4.69) is 24.1 Å². The van der Waals surface area contributed by atoms with Crippen molar-refractivity contribution >= 4 is 51.6 Å². The molecule has 0 fully saturated rings. The Morgan fingerprint density at radius 1 is 0.812 bits per heavy atom. The van der Waals surface area contributed by atoms with Gasteiger partial charge >= 0.3 is 6.09 Å². The molecule has 0 radical (unpaired) electrons. The number of benzene rings is 4. The maximum atomic E-state index is 14.1. The van der Waals surface area contributed by atoms with Crippen molar-refractivity contribution < 1.29 is 19.4 Å². The summed E-state index contributed by atoms with van der Waals surface area (Å²) in [7, 11) is 0. The average Bonchev–Trinajstić information content (AvgIpc) is 3.10. The highest BCUT2D eigenvalue weighted by Gasteiger charge is 2.25. The van der Waals surface area contributed by atoms with Crippen LogP contribution in [0.1, 0.15) is 42.7 Å². The van der Waals surface area contributed by atoms with E-state index >= 15 is 0 Å². The first-order chi connectivity index (χ1) is 23.3. The van der Waals surface area contributed by atoms with Gasteiger partial charge in [-0.05, 0) is 79.6 Å². The monoisotopic (exact) mass is 638 g/mol. The summed E-state index contributed by atoms with van der Waals surface area (Å²) >= 11 is 0. The lowest BCUT2D eigenvalue weighted by Crippen LogP contribution is -2.30. The lowest BCUT2D eigenvalue weighted by atomic mass is 10.1. The predicted octanol–water partition coefficient (Wildman–Crippen LogP) is 9.17. The fraction of sp³-hybridized carbons (Fsp3) is 0.132. The molecule has 0 unspecified atom stereocenters. The summed E-state index contributed by atoms with van der Waals surface area (Å²) in [6.07, 6.45) is 0.250. The topological polar surface area (TPSA) is 121 Å². The number of carbonyl (C=O) groups is 2. The molecule has 0 atom stereocenters.